The van der Waals surface area contributed by atoms with Crippen molar-refractivity contribution in [3.8, 4) is 0 Å². The number of rotatable bonds is 6. The zero-order valence-electron chi connectivity index (χ0n) is 16.4. The number of halogens is 1. The molecule has 0 aliphatic carbocycles. The average Bonchev–Trinajstić information content (AvgIpc) is 2.96. The molecule has 1 heterocycles. The van der Waals surface area contributed by atoms with E-state index in [-0.39, 0.29) is 5.56 Å². The zero-order valence-corrected chi connectivity index (χ0v) is 16.4. The molecule has 3 rings (SSSR count). The fraction of sp³-hybridized carbons (Fsp3) is 0.318. The Morgan fingerprint density at radius 3 is 2.00 bits per heavy atom. The third kappa shape index (κ3) is 4.83. The molecule has 7 nitrogen and oxygen atoms in total. The van der Waals surface area contributed by atoms with Crippen LogP contribution in [0.5, 0.6) is 0 Å². The second-order valence-corrected chi connectivity index (χ2v) is 6.92. The highest BCUT2D eigenvalue weighted by Crippen LogP contribution is 2.38. The van der Waals surface area contributed by atoms with Crippen molar-refractivity contribution in [2.24, 2.45) is 0 Å². The number of hydrogen-bond acceptors (Lipinski definition) is 7. The predicted octanol–water partition coefficient (Wildman–Crippen LogP) is 3.09. The van der Waals surface area contributed by atoms with Gasteiger partial charge in [-0.25, -0.2) is 14.0 Å². The third-order valence-electron chi connectivity index (χ3n) is 4.56. The van der Waals surface area contributed by atoms with Crippen LogP contribution >= 0.6 is 0 Å². The predicted molar refractivity (Wildman–Crippen MR) is 102 cm³/mol. The van der Waals surface area contributed by atoms with Gasteiger partial charge in [0, 0.05) is 6.92 Å². The fourth-order valence-corrected chi connectivity index (χ4v) is 3.05. The smallest absolute Gasteiger partial charge is 0.338 e. The lowest BCUT2D eigenvalue weighted by atomic mass is 9.99. The number of benzene rings is 2. The number of ether oxygens (including phenoxy) is 4. The maximum absolute atomic E-state index is 15.5. The van der Waals surface area contributed by atoms with Crippen molar-refractivity contribution in [2.45, 2.75) is 38.0 Å². The minimum atomic E-state index is -2.36. The lowest BCUT2D eigenvalue weighted by Gasteiger charge is -2.26. The Hall–Kier alpha value is -3.26. The lowest BCUT2D eigenvalue weighted by Crippen LogP contribution is -2.46. The maximum atomic E-state index is 15.5. The van der Waals surface area contributed by atoms with Crippen molar-refractivity contribution < 1.29 is 37.7 Å². The van der Waals surface area contributed by atoms with E-state index in [0.29, 0.717) is 5.56 Å². The molecule has 8 heteroatoms. The Labute approximate surface area is 172 Å². The molecule has 1 aliphatic rings. The highest BCUT2D eigenvalue weighted by molar-refractivity contribution is 5.90. The molecular formula is C22H21FO7. The van der Waals surface area contributed by atoms with E-state index in [1.54, 1.807) is 48.5 Å². The van der Waals surface area contributed by atoms with Gasteiger partial charge in [0.25, 0.3) is 0 Å². The van der Waals surface area contributed by atoms with Crippen LogP contribution in [-0.2, 0) is 23.7 Å². The van der Waals surface area contributed by atoms with Crippen molar-refractivity contribution in [3.63, 3.8) is 0 Å². The van der Waals surface area contributed by atoms with Gasteiger partial charge in [-0.15, -0.1) is 0 Å². The van der Waals surface area contributed by atoms with Crippen LogP contribution < -0.4 is 0 Å². The largest absolute Gasteiger partial charge is 0.459 e. The van der Waals surface area contributed by atoms with Gasteiger partial charge in [0.2, 0.25) is 12.0 Å². The Balaban J connectivity index is 1.76. The molecule has 0 saturated carbocycles. The Morgan fingerprint density at radius 2 is 1.47 bits per heavy atom. The van der Waals surface area contributed by atoms with Crippen molar-refractivity contribution in [3.05, 3.63) is 71.8 Å². The van der Waals surface area contributed by atoms with Gasteiger partial charge >= 0.3 is 17.9 Å². The second-order valence-electron chi connectivity index (χ2n) is 6.92. The molecule has 0 radical (unpaired) electrons. The SMILES string of the molecule is CC(=O)OC1O[C@H](COC(=O)c2ccccc2)[C@@H](OC(=O)c2ccccc2)[C@]1(C)F. The molecule has 1 unspecified atom stereocenters. The van der Waals surface area contributed by atoms with E-state index in [4.69, 9.17) is 18.9 Å². The Bertz CT molecular complexity index is 898. The molecule has 2 aromatic carbocycles. The summed E-state index contributed by atoms with van der Waals surface area (Å²) < 4.78 is 36.4. The van der Waals surface area contributed by atoms with Crippen LogP contribution in [0.4, 0.5) is 4.39 Å². The summed E-state index contributed by atoms with van der Waals surface area (Å²) in [5, 5.41) is 0. The van der Waals surface area contributed by atoms with Crippen molar-refractivity contribution in [1.29, 1.82) is 0 Å². The van der Waals surface area contributed by atoms with E-state index in [1.165, 1.54) is 12.1 Å². The number of alkyl halides is 1. The summed E-state index contributed by atoms with van der Waals surface area (Å²) >= 11 is 0. The van der Waals surface area contributed by atoms with Gasteiger partial charge in [-0.05, 0) is 31.2 Å². The fourth-order valence-electron chi connectivity index (χ4n) is 3.05. The van der Waals surface area contributed by atoms with Gasteiger partial charge in [-0.3, -0.25) is 4.79 Å². The quantitative estimate of drug-likeness (QED) is 0.528. The molecule has 158 valence electrons. The third-order valence-corrected chi connectivity index (χ3v) is 4.56. The van der Waals surface area contributed by atoms with Gasteiger partial charge < -0.3 is 18.9 Å². The van der Waals surface area contributed by atoms with E-state index < -0.39 is 48.7 Å². The first-order valence-electron chi connectivity index (χ1n) is 9.29. The molecule has 2 aromatic rings. The molecular weight excluding hydrogens is 395 g/mol. The van der Waals surface area contributed by atoms with Crippen LogP contribution in [-0.4, -0.2) is 48.7 Å². The minimum absolute atomic E-state index is 0.212. The van der Waals surface area contributed by atoms with Gasteiger partial charge in [-0.1, -0.05) is 36.4 Å². The van der Waals surface area contributed by atoms with Crippen LogP contribution in [0, 0.1) is 0 Å². The molecule has 30 heavy (non-hydrogen) atoms. The van der Waals surface area contributed by atoms with Crippen LogP contribution in [0.2, 0.25) is 0 Å². The minimum Gasteiger partial charge on any atom is -0.459 e. The summed E-state index contributed by atoms with van der Waals surface area (Å²) in [4.78, 5) is 36.0. The van der Waals surface area contributed by atoms with Gasteiger partial charge in [0.1, 0.15) is 12.7 Å². The number of esters is 3. The van der Waals surface area contributed by atoms with Crippen LogP contribution in [0.1, 0.15) is 34.6 Å². The summed E-state index contributed by atoms with van der Waals surface area (Å²) in [6.07, 6.45) is -4.27. The van der Waals surface area contributed by atoms with Gasteiger partial charge in [0.15, 0.2) is 6.10 Å². The van der Waals surface area contributed by atoms with Crippen LogP contribution in [0.3, 0.4) is 0 Å². The average molecular weight is 416 g/mol. The summed E-state index contributed by atoms with van der Waals surface area (Å²) in [6.45, 7) is 1.80. The highest BCUT2D eigenvalue weighted by Gasteiger charge is 2.59. The molecule has 0 amide bonds. The molecule has 0 bridgehead atoms. The summed E-state index contributed by atoms with van der Waals surface area (Å²) in [6, 6.07) is 16.2. The molecule has 4 atom stereocenters. The topological polar surface area (TPSA) is 88.1 Å². The number of carbonyl (C=O) groups excluding carboxylic acids is 3. The van der Waals surface area contributed by atoms with Crippen molar-refractivity contribution in [2.75, 3.05) is 6.61 Å². The Morgan fingerprint density at radius 1 is 0.933 bits per heavy atom. The monoisotopic (exact) mass is 416 g/mol. The van der Waals surface area contributed by atoms with Gasteiger partial charge in [-0.2, -0.15) is 0 Å². The molecule has 0 spiro atoms. The van der Waals surface area contributed by atoms with Crippen LogP contribution in [0.25, 0.3) is 0 Å². The normalized spacial score (nSPS) is 25.4. The molecule has 1 fully saturated rings. The molecule has 1 saturated heterocycles. The zero-order chi connectivity index (χ0) is 21.7. The standard InChI is InChI=1S/C22H21FO7/c1-14(24)28-21-22(2,23)18(30-20(26)16-11-7-4-8-12-16)17(29-21)13-27-19(25)15-9-5-3-6-10-15/h3-12,17-18,21H,13H2,1-2H3/t17-,18-,21?,22+/m1/s1. The first-order chi connectivity index (χ1) is 14.3. The first kappa shape index (κ1) is 21.4. The summed E-state index contributed by atoms with van der Waals surface area (Å²) in [5.41, 5.74) is -1.85. The number of hydrogen-bond donors (Lipinski definition) is 0. The van der Waals surface area contributed by atoms with E-state index >= 15 is 4.39 Å². The Kier molecular flexibility index (Phi) is 6.47. The van der Waals surface area contributed by atoms with Crippen molar-refractivity contribution >= 4 is 17.9 Å². The summed E-state index contributed by atoms with van der Waals surface area (Å²) in [5.74, 6) is -2.20. The van der Waals surface area contributed by atoms with E-state index in [0.717, 1.165) is 13.8 Å². The van der Waals surface area contributed by atoms with Crippen LogP contribution in [0.15, 0.2) is 60.7 Å². The molecule has 0 N–H and O–H groups in total. The maximum Gasteiger partial charge on any atom is 0.338 e. The van der Waals surface area contributed by atoms with E-state index in [2.05, 4.69) is 0 Å². The molecule has 0 aromatic heterocycles. The van der Waals surface area contributed by atoms with E-state index in [9.17, 15) is 14.4 Å². The highest BCUT2D eigenvalue weighted by atomic mass is 19.1. The summed E-state index contributed by atoms with van der Waals surface area (Å²) in [7, 11) is 0. The number of carbonyl (C=O) groups is 3. The van der Waals surface area contributed by atoms with Crippen molar-refractivity contribution in [1.82, 2.24) is 0 Å². The van der Waals surface area contributed by atoms with Gasteiger partial charge in [0.05, 0.1) is 11.1 Å². The lowest BCUT2D eigenvalue weighted by molar-refractivity contribution is -0.193. The van der Waals surface area contributed by atoms with E-state index in [1.807, 2.05) is 0 Å². The second kappa shape index (κ2) is 9.04. The molecule has 1 aliphatic heterocycles. The first-order valence-corrected chi connectivity index (χ1v) is 9.29.